The average Bonchev–Trinajstić information content (AvgIpc) is 3.45. The summed E-state index contributed by atoms with van der Waals surface area (Å²) in [6.07, 6.45) is 2.96. The second kappa shape index (κ2) is 10.2. The molecule has 10 heteroatoms. The fraction of sp³-hybridized carbons (Fsp3) is 0.481. The van der Waals surface area contributed by atoms with E-state index in [1.54, 1.807) is 24.8 Å². The van der Waals surface area contributed by atoms with E-state index < -0.39 is 0 Å². The Hall–Kier alpha value is -2.76. The van der Waals surface area contributed by atoms with Gasteiger partial charge in [0.25, 0.3) is 0 Å². The molecule has 0 spiro atoms. The van der Waals surface area contributed by atoms with Crippen LogP contribution in [0.5, 0.6) is 5.75 Å². The number of rotatable bonds is 6. The van der Waals surface area contributed by atoms with Crippen molar-refractivity contribution in [2.45, 2.75) is 39.0 Å². The number of aryl methyl sites for hydroxylation is 1. The minimum absolute atomic E-state index is 0.205. The zero-order valence-electron chi connectivity index (χ0n) is 21.5. The van der Waals surface area contributed by atoms with Crippen LogP contribution in [-0.4, -0.2) is 82.0 Å². The predicted octanol–water partition coefficient (Wildman–Crippen LogP) is 2.87. The number of methoxy groups -OCH3 is 1. The molecule has 0 atom stereocenters. The molecule has 4 N–H and O–H groups in total. The summed E-state index contributed by atoms with van der Waals surface area (Å²) in [7, 11) is 1.73. The number of nitrogens with two attached hydrogens (primary N) is 1. The number of anilines is 1. The Morgan fingerprint density at radius 1 is 1.11 bits per heavy atom. The first-order chi connectivity index (χ1) is 18.0. The number of aliphatic hydroxyl groups excluding tert-OH is 1. The highest BCUT2D eigenvalue weighted by atomic mass is 32.1. The molecule has 0 bridgehead atoms. The molecule has 9 nitrogen and oxygen atoms in total. The third kappa shape index (κ3) is 4.68. The summed E-state index contributed by atoms with van der Waals surface area (Å²) in [6.45, 7) is 9.41. The van der Waals surface area contributed by atoms with Crippen LogP contribution in [0.1, 0.15) is 29.7 Å². The Labute approximate surface area is 220 Å². The number of nitrogens with zero attached hydrogens (tertiary/aromatic N) is 5. The molecule has 0 amide bonds. The molecule has 1 aromatic carbocycles. The number of benzene rings is 1. The lowest BCUT2D eigenvalue weighted by Crippen LogP contribution is -2.43. The molecule has 0 aliphatic carbocycles. The van der Waals surface area contributed by atoms with Crippen molar-refractivity contribution in [1.82, 2.24) is 29.7 Å². The lowest BCUT2D eigenvalue weighted by atomic mass is 10.0. The van der Waals surface area contributed by atoms with Gasteiger partial charge in [0.2, 0.25) is 0 Å². The van der Waals surface area contributed by atoms with Gasteiger partial charge in [-0.05, 0) is 48.4 Å². The molecule has 6 rings (SSSR count). The van der Waals surface area contributed by atoms with Crippen molar-refractivity contribution in [1.29, 1.82) is 0 Å². The number of aliphatic hydroxyl groups is 1. The van der Waals surface area contributed by atoms with Gasteiger partial charge >= 0.3 is 0 Å². The number of piperazine rings is 1. The van der Waals surface area contributed by atoms with Crippen LogP contribution in [-0.2, 0) is 13.1 Å². The largest absolute Gasteiger partial charge is 0.495 e. The van der Waals surface area contributed by atoms with Crippen LogP contribution in [0.4, 0.5) is 5.82 Å². The second-order valence-corrected chi connectivity index (χ2v) is 11.3. The summed E-state index contributed by atoms with van der Waals surface area (Å²) in [6, 6.07) is 6.56. The minimum Gasteiger partial charge on any atom is -0.495 e. The molecule has 196 valence electrons. The van der Waals surface area contributed by atoms with Gasteiger partial charge in [-0.2, -0.15) is 5.10 Å². The quantitative estimate of drug-likeness (QED) is 0.356. The smallest absolute Gasteiger partial charge is 0.152 e. The van der Waals surface area contributed by atoms with E-state index in [0.29, 0.717) is 5.82 Å². The molecule has 2 fully saturated rings. The topological polar surface area (TPSA) is 104 Å². The van der Waals surface area contributed by atoms with Crippen molar-refractivity contribution in [3.8, 4) is 16.2 Å². The zero-order valence-corrected chi connectivity index (χ0v) is 22.4. The van der Waals surface area contributed by atoms with Crippen molar-refractivity contribution < 1.29 is 9.84 Å². The molecule has 3 aromatic heterocycles. The van der Waals surface area contributed by atoms with Crippen molar-refractivity contribution >= 4 is 32.8 Å². The van der Waals surface area contributed by atoms with E-state index in [4.69, 9.17) is 15.6 Å². The fourth-order valence-electron chi connectivity index (χ4n) is 5.74. The SMILES string of the molecule is COc1cc(C)cc2cc(-c3c(CN4CCC(O)CC4)c(CN4CCNCC4)n4ncnc(N)c34)sc12. The number of piperidine rings is 1. The molecule has 0 unspecified atom stereocenters. The highest BCUT2D eigenvalue weighted by Gasteiger charge is 2.28. The first-order valence-electron chi connectivity index (χ1n) is 13.1. The van der Waals surface area contributed by atoms with Crippen LogP contribution in [0.25, 0.3) is 26.0 Å². The van der Waals surface area contributed by atoms with Gasteiger partial charge < -0.3 is 20.9 Å². The van der Waals surface area contributed by atoms with E-state index in [0.717, 1.165) is 91.6 Å². The Morgan fingerprint density at radius 3 is 2.62 bits per heavy atom. The molecule has 0 saturated carbocycles. The Bertz CT molecular complexity index is 1420. The van der Waals surface area contributed by atoms with E-state index >= 15 is 0 Å². The number of hydrogen-bond donors (Lipinski definition) is 3. The summed E-state index contributed by atoms with van der Waals surface area (Å²) in [5, 5.41) is 19.5. The summed E-state index contributed by atoms with van der Waals surface area (Å²) in [5.74, 6) is 1.39. The van der Waals surface area contributed by atoms with Crippen LogP contribution in [0.15, 0.2) is 24.5 Å². The number of fused-ring (bicyclic) bond motifs is 2. The van der Waals surface area contributed by atoms with Crippen LogP contribution in [0, 0.1) is 6.92 Å². The lowest BCUT2D eigenvalue weighted by Gasteiger charge is -2.31. The third-order valence-electron chi connectivity index (χ3n) is 7.68. The van der Waals surface area contributed by atoms with E-state index in [2.05, 4.69) is 45.2 Å². The highest BCUT2D eigenvalue weighted by molar-refractivity contribution is 7.22. The Kier molecular flexibility index (Phi) is 6.76. The number of nitrogen functional groups attached to an aromatic ring is 1. The number of thiophene rings is 1. The standard InChI is InChI=1S/C27H35N7O2S/c1-17-11-18-13-23(37-26(18)22(12-17)36-2)24-20(14-32-7-3-19(35)4-8-32)21(15-33-9-5-29-6-10-33)34-25(24)27(28)30-16-31-34/h11-13,16,19,29,35H,3-10,14-15H2,1-2H3,(H2,28,30,31). The average molecular weight is 522 g/mol. The number of nitrogens with one attached hydrogen (secondary N) is 1. The Balaban J connectivity index is 1.55. The highest BCUT2D eigenvalue weighted by Crippen LogP contribution is 2.44. The van der Waals surface area contributed by atoms with E-state index in [9.17, 15) is 5.11 Å². The molecular weight excluding hydrogens is 486 g/mol. The van der Waals surface area contributed by atoms with Crippen molar-refractivity contribution in [3.63, 3.8) is 0 Å². The molecule has 2 aliphatic rings. The first-order valence-corrected chi connectivity index (χ1v) is 13.9. The maximum absolute atomic E-state index is 10.1. The predicted molar refractivity (Wildman–Crippen MR) is 148 cm³/mol. The molecule has 2 aliphatic heterocycles. The molecule has 5 heterocycles. The van der Waals surface area contributed by atoms with Gasteiger partial charge in [0.1, 0.15) is 17.6 Å². The first kappa shape index (κ1) is 24.6. The fourth-order valence-corrected chi connectivity index (χ4v) is 6.95. The van der Waals surface area contributed by atoms with Gasteiger partial charge in [-0.3, -0.25) is 9.80 Å². The zero-order chi connectivity index (χ0) is 25.5. The maximum atomic E-state index is 10.1. The van der Waals surface area contributed by atoms with Gasteiger partial charge in [-0.15, -0.1) is 11.3 Å². The van der Waals surface area contributed by atoms with Crippen LogP contribution < -0.4 is 15.8 Å². The molecule has 37 heavy (non-hydrogen) atoms. The summed E-state index contributed by atoms with van der Waals surface area (Å²) in [4.78, 5) is 10.5. The van der Waals surface area contributed by atoms with Crippen LogP contribution in [0.2, 0.25) is 0 Å². The minimum atomic E-state index is -0.205. The Morgan fingerprint density at radius 2 is 1.86 bits per heavy atom. The summed E-state index contributed by atoms with van der Waals surface area (Å²) < 4.78 is 8.91. The van der Waals surface area contributed by atoms with Gasteiger partial charge in [0.05, 0.1) is 23.6 Å². The van der Waals surface area contributed by atoms with Crippen LogP contribution >= 0.6 is 11.3 Å². The number of hydrogen-bond acceptors (Lipinski definition) is 9. The molecular formula is C27H35N7O2S. The molecule has 4 aromatic rings. The van der Waals surface area contributed by atoms with Gasteiger partial charge in [0.15, 0.2) is 5.82 Å². The monoisotopic (exact) mass is 521 g/mol. The normalized spacial score (nSPS) is 18.2. The van der Waals surface area contributed by atoms with E-state index in [-0.39, 0.29) is 6.10 Å². The molecule has 2 saturated heterocycles. The lowest BCUT2D eigenvalue weighted by molar-refractivity contribution is 0.0790. The van der Waals surface area contributed by atoms with Gasteiger partial charge in [-0.25, -0.2) is 9.50 Å². The van der Waals surface area contributed by atoms with Crippen molar-refractivity contribution in [2.24, 2.45) is 0 Å². The molecule has 0 radical (unpaired) electrons. The van der Waals surface area contributed by atoms with Crippen molar-refractivity contribution in [3.05, 3.63) is 41.3 Å². The summed E-state index contributed by atoms with van der Waals surface area (Å²) in [5.41, 5.74) is 12.2. The van der Waals surface area contributed by atoms with Crippen LogP contribution in [0.3, 0.4) is 0 Å². The van der Waals surface area contributed by atoms with E-state index in [1.807, 2.05) is 4.52 Å². The maximum Gasteiger partial charge on any atom is 0.152 e. The van der Waals surface area contributed by atoms with Gasteiger partial charge in [-0.1, -0.05) is 6.07 Å². The number of aromatic nitrogens is 3. The van der Waals surface area contributed by atoms with Gasteiger partial charge in [0, 0.05) is 62.8 Å². The third-order valence-corrected chi connectivity index (χ3v) is 8.86. The number of likely N-dealkylation sites (tertiary alicyclic amines) is 1. The number of ether oxygens (including phenoxy) is 1. The van der Waals surface area contributed by atoms with Crippen molar-refractivity contribution in [2.75, 3.05) is 52.1 Å². The second-order valence-electron chi connectivity index (χ2n) is 10.2. The van der Waals surface area contributed by atoms with E-state index in [1.165, 1.54) is 22.2 Å². The summed E-state index contributed by atoms with van der Waals surface area (Å²) >= 11 is 1.74.